The van der Waals surface area contributed by atoms with E-state index in [2.05, 4.69) is 15.5 Å². The zero-order valence-corrected chi connectivity index (χ0v) is 16.7. The first-order valence-corrected chi connectivity index (χ1v) is 9.74. The van der Waals surface area contributed by atoms with Crippen LogP contribution in [0.25, 0.3) is 5.69 Å². The predicted octanol–water partition coefficient (Wildman–Crippen LogP) is 3.03. The minimum Gasteiger partial charge on any atom is -0.467 e. The molecule has 0 fully saturated rings. The van der Waals surface area contributed by atoms with E-state index >= 15 is 0 Å². The minimum atomic E-state index is -0.314. The van der Waals surface area contributed by atoms with Gasteiger partial charge >= 0.3 is 0 Å². The number of nitrogens with one attached hydrogen (secondary N) is 1. The second-order valence-corrected chi connectivity index (χ2v) is 7.38. The molecule has 0 spiro atoms. The Morgan fingerprint density at radius 1 is 1.29 bits per heavy atom. The fraction of sp³-hybridized carbons (Fsp3) is 0.316. The standard InChI is InChI=1S/C19H22FN5O2S/c1-13(24(2)3)18-22-23-19(25(18)15-8-6-14(20)7-9-15)28-12-17(26)21-11-16-5-4-10-27-16/h4-10,13H,11-12H2,1-3H3,(H,21,26)/t13-/m1/s1. The number of aromatic nitrogens is 3. The Labute approximate surface area is 166 Å². The molecule has 0 saturated heterocycles. The van der Waals surface area contributed by atoms with Crippen LogP contribution in [-0.4, -0.2) is 45.4 Å². The van der Waals surface area contributed by atoms with E-state index < -0.39 is 0 Å². The van der Waals surface area contributed by atoms with Gasteiger partial charge in [-0.15, -0.1) is 10.2 Å². The van der Waals surface area contributed by atoms with Gasteiger partial charge in [-0.2, -0.15) is 0 Å². The SMILES string of the molecule is C[C@H](c1nnc(SCC(=O)NCc2ccco2)n1-c1ccc(F)cc1)N(C)C. The quantitative estimate of drug-likeness (QED) is 0.583. The molecule has 9 heteroatoms. The van der Waals surface area contributed by atoms with E-state index in [1.54, 1.807) is 30.5 Å². The summed E-state index contributed by atoms with van der Waals surface area (Å²) in [6, 6.07) is 9.69. The number of halogens is 1. The molecule has 0 aliphatic heterocycles. The van der Waals surface area contributed by atoms with Crippen LogP contribution in [-0.2, 0) is 11.3 Å². The van der Waals surface area contributed by atoms with E-state index in [4.69, 9.17) is 4.42 Å². The van der Waals surface area contributed by atoms with Crippen molar-refractivity contribution >= 4 is 17.7 Å². The molecule has 1 atom stereocenters. The summed E-state index contributed by atoms with van der Waals surface area (Å²) >= 11 is 1.28. The average Bonchev–Trinajstić information content (AvgIpc) is 3.34. The maximum absolute atomic E-state index is 13.4. The van der Waals surface area contributed by atoms with Crippen LogP contribution in [0.1, 0.15) is 24.6 Å². The van der Waals surface area contributed by atoms with E-state index in [9.17, 15) is 9.18 Å². The van der Waals surface area contributed by atoms with Crippen LogP contribution in [0.5, 0.6) is 0 Å². The number of amides is 1. The summed E-state index contributed by atoms with van der Waals surface area (Å²) in [7, 11) is 3.90. The number of benzene rings is 1. The van der Waals surface area contributed by atoms with Crippen molar-refractivity contribution in [3.63, 3.8) is 0 Å². The first-order chi connectivity index (χ1) is 13.5. The Morgan fingerprint density at radius 3 is 2.68 bits per heavy atom. The van der Waals surface area contributed by atoms with Crippen molar-refractivity contribution in [1.82, 2.24) is 25.0 Å². The molecular weight excluding hydrogens is 381 g/mol. The number of hydrogen-bond acceptors (Lipinski definition) is 6. The highest BCUT2D eigenvalue weighted by atomic mass is 32.2. The van der Waals surface area contributed by atoms with E-state index in [0.717, 1.165) is 11.5 Å². The Balaban J connectivity index is 1.76. The fourth-order valence-electron chi connectivity index (χ4n) is 2.49. The number of thioether (sulfide) groups is 1. The third kappa shape index (κ3) is 4.79. The molecule has 0 unspecified atom stereocenters. The molecule has 1 N–H and O–H groups in total. The van der Waals surface area contributed by atoms with Crippen molar-refractivity contribution in [3.8, 4) is 5.69 Å². The summed E-state index contributed by atoms with van der Waals surface area (Å²) in [5, 5.41) is 11.9. The minimum absolute atomic E-state index is 0.0142. The molecule has 0 aliphatic carbocycles. The molecule has 7 nitrogen and oxygen atoms in total. The molecule has 2 aromatic heterocycles. The third-order valence-corrected chi connectivity index (χ3v) is 5.19. The lowest BCUT2D eigenvalue weighted by molar-refractivity contribution is -0.118. The molecule has 0 radical (unpaired) electrons. The monoisotopic (exact) mass is 403 g/mol. The summed E-state index contributed by atoms with van der Waals surface area (Å²) in [5.74, 6) is 1.13. The number of carbonyl (C=O) groups excluding carboxylic acids is 1. The van der Waals surface area contributed by atoms with Crippen LogP contribution in [0.3, 0.4) is 0 Å². The van der Waals surface area contributed by atoms with Crippen molar-refractivity contribution in [2.75, 3.05) is 19.8 Å². The molecule has 2 heterocycles. The molecule has 1 amide bonds. The van der Waals surface area contributed by atoms with Crippen molar-refractivity contribution < 1.29 is 13.6 Å². The molecule has 3 rings (SSSR count). The van der Waals surface area contributed by atoms with Gasteiger partial charge in [0, 0.05) is 5.69 Å². The number of nitrogens with zero attached hydrogens (tertiary/aromatic N) is 4. The Morgan fingerprint density at radius 2 is 2.04 bits per heavy atom. The van der Waals surface area contributed by atoms with Gasteiger partial charge in [0.1, 0.15) is 11.6 Å². The van der Waals surface area contributed by atoms with Crippen molar-refractivity contribution in [2.45, 2.75) is 24.7 Å². The molecule has 1 aromatic carbocycles. The van der Waals surface area contributed by atoms with E-state index in [-0.39, 0.29) is 23.5 Å². The van der Waals surface area contributed by atoms with Gasteiger partial charge in [0.05, 0.1) is 24.6 Å². The zero-order chi connectivity index (χ0) is 20.1. The van der Waals surface area contributed by atoms with Crippen LogP contribution in [0.2, 0.25) is 0 Å². The normalized spacial score (nSPS) is 12.3. The zero-order valence-electron chi connectivity index (χ0n) is 15.9. The summed E-state index contributed by atoms with van der Waals surface area (Å²) in [4.78, 5) is 14.2. The highest BCUT2D eigenvalue weighted by molar-refractivity contribution is 7.99. The van der Waals surface area contributed by atoms with Gasteiger partial charge in [0.25, 0.3) is 0 Å². The van der Waals surface area contributed by atoms with Crippen LogP contribution >= 0.6 is 11.8 Å². The second kappa shape index (κ2) is 9.03. The first kappa shape index (κ1) is 20.1. The Hall–Kier alpha value is -2.65. The maximum atomic E-state index is 13.4. The van der Waals surface area contributed by atoms with Gasteiger partial charge in [0.2, 0.25) is 5.91 Å². The van der Waals surface area contributed by atoms with E-state index in [1.807, 2.05) is 30.5 Å². The van der Waals surface area contributed by atoms with Crippen LogP contribution in [0.15, 0.2) is 52.2 Å². The number of rotatable bonds is 8. The van der Waals surface area contributed by atoms with E-state index in [0.29, 0.717) is 17.5 Å². The van der Waals surface area contributed by atoms with Gasteiger partial charge in [-0.3, -0.25) is 14.3 Å². The molecular formula is C19H22FN5O2S. The highest BCUT2D eigenvalue weighted by Crippen LogP contribution is 2.26. The third-order valence-electron chi connectivity index (χ3n) is 4.26. The van der Waals surface area contributed by atoms with Crippen molar-refractivity contribution in [3.05, 3.63) is 60.1 Å². The lowest BCUT2D eigenvalue weighted by Gasteiger charge is -2.20. The van der Waals surface area contributed by atoms with Crippen LogP contribution in [0.4, 0.5) is 4.39 Å². The maximum Gasteiger partial charge on any atom is 0.230 e. The summed E-state index contributed by atoms with van der Waals surface area (Å²) in [6.07, 6.45) is 1.56. The highest BCUT2D eigenvalue weighted by Gasteiger charge is 2.21. The number of furan rings is 1. The largest absolute Gasteiger partial charge is 0.467 e. The van der Waals surface area contributed by atoms with Gasteiger partial charge in [-0.25, -0.2) is 4.39 Å². The van der Waals surface area contributed by atoms with Gasteiger partial charge in [-0.1, -0.05) is 11.8 Å². The lowest BCUT2D eigenvalue weighted by Crippen LogP contribution is -2.24. The smallest absolute Gasteiger partial charge is 0.230 e. The number of carbonyl (C=O) groups is 1. The molecule has 28 heavy (non-hydrogen) atoms. The predicted molar refractivity (Wildman–Crippen MR) is 105 cm³/mol. The molecule has 0 bridgehead atoms. The Bertz CT molecular complexity index is 909. The van der Waals surface area contributed by atoms with Crippen molar-refractivity contribution in [2.24, 2.45) is 0 Å². The Kier molecular flexibility index (Phi) is 6.48. The average molecular weight is 403 g/mol. The molecule has 0 saturated carbocycles. The number of hydrogen-bond donors (Lipinski definition) is 1. The van der Waals surface area contributed by atoms with Crippen LogP contribution < -0.4 is 5.32 Å². The van der Waals surface area contributed by atoms with Gasteiger partial charge in [0.15, 0.2) is 11.0 Å². The molecule has 3 aromatic rings. The second-order valence-electron chi connectivity index (χ2n) is 6.44. The van der Waals surface area contributed by atoms with Crippen LogP contribution in [0, 0.1) is 5.82 Å². The fourth-order valence-corrected chi connectivity index (χ4v) is 3.28. The summed E-state index contributed by atoms with van der Waals surface area (Å²) in [6.45, 7) is 2.34. The van der Waals surface area contributed by atoms with E-state index in [1.165, 1.54) is 23.9 Å². The summed E-state index contributed by atoms with van der Waals surface area (Å²) < 4.78 is 20.4. The van der Waals surface area contributed by atoms with Crippen molar-refractivity contribution in [1.29, 1.82) is 0 Å². The first-order valence-electron chi connectivity index (χ1n) is 8.75. The molecule has 0 aliphatic rings. The van der Waals surface area contributed by atoms with Gasteiger partial charge in [-0.05, 0) is 57.4 Å². The summed E-state index contributed by atoms with van der Waals surface area (Å²) in [5.41, 5.74) is 0.744. The lowest BCUT2D eigenvalue weighted by atomic mass is 10.2. The topological polar surface area (TPSA) is 76.2 Å². The van der Waals surface area contributed by atoms with Gasteiger partial charge < -0.3 is 9.73 Å². The molecule has 148 valence electrons.